The van der Waals surface area contributed by atoms with E-state index in [0.717, 1.165) is 23.8 Å². The lowest BCUT2D eigenvalue weighted by molar-refractivity contribution is -0.224. The molecule has 0 spiro atoms. The maximum Gasteiger partial charge on any atom is 0.340 e. The summed E-state index contributed by atoms with van der Waals surface area (Å²) in [6.07, 6.45) is 0. The van der Waals surface area contributed by atoms with Gasteiger partial charge in [-0.05, 0) is 11.1 Å². The number of alkyl halides is 4. The molecule has 1 nitrogen and oxygen atoms in total. The first-order valence-corrected chi connectivity index (χ1v) is 8.57. The molecule has 148 valence electrons. The van der Waals surface area contributed by atoms with Crippen molar-refractivity contribution in [3.63, 3.8) is 0 Å². The van der Waals surface area contributed by atoms with E-state index < -0.39 is 23.0 Å². The monoisotopic (exact) mass is 409 g/mol. The van der Waals surface area contributed by atoms with E-state index in [0.29, 0.717) is 6.54 Å². The third-order valence-corrected chi connectivity index (χ3v) is 4.37. The van der Waals surface area contributed by atoms with Crippen molar-refractivity contribution in [2.24, 2.45) is 0 Å². The van der Waals surface area contributed by atoms with Crippen LogP contribution < -0.4 is 5.32 Å². The Hall–Kier alpha value is -2.37. The summed E-state index contributed by atoms with van der Waals surface area (Å²) in [7, 11) is 0. The maximum absolute atomic E-state index is 14.9. The van der Waals surface area contributed by atoms with E-state index in [2.05, 4.69) is 5.32 Å². The molecule has 0 bridgehead atoms. The van der Waals surface area contributed by atoms with Crippen LogP contribution in [0, 0.1) is 0 Å². The van der Waals surface area contributed by atoms with Crippen molar-refractivity contribution in [3.8, 4) is 0 Å². The van der Waals surface area contributed by atoms with Gasteiger partial charge in [-0.25, -0.2) is 0 Å². The molecule has 0 fully saturated rings. The first-order chi connectivity index (χ1) is 12.9. The number of rotatable bonds is 7. The van der Waals surface area contributed by atoms with Gasteiger partial charge in [0, 0.05) is 24.2 Å². The molecule has 3 aromatic rings. The van der Waals surface area contributed by atoms with Gasteiger partial charge in [-0.2, -0.15) is 17.6 Å². The van der Waals surface area contributed by atoms with Crippen molar-refractivity contribution < 1.29 is 17.6 Å². The molecule has 0 amide bonds. The van der Waals surface area contributed by atoms with Gasteiger partial charge in [-0.1, -0.05) is 84.9 Å². The van der Waals surface area contributed by atoms with E-state index in [1.165, 1.54) is 30.3 Å². The van der Waals surface area contributed by atoms with Crippen LogP contribution in [-0.4, -0.2) is 0 Å². The van der Waals surface area contributed by atoms with Gasteiger partial charge in [0.1, 0.15) is 0 Å². The minimum absolute atomic E-state index is 0. The molecule has 0 saturated carbocycles. The molecule has 0 atom stereocenters. The average Bonchev–Trinajstić information content (AvgIpc) is 2.69. The molecule has 6 heteroatoms. The summed E-state index contributed by atoms with van der Waals surface area (Å²) in [6.45, 7) is 0.515. The second-order valence-electron chi connectivity index (χ2n) is 6.26. The molecule has 1 N–H and O–H groups in total. The Balaban J connectivity index is 0.00000280. The minimum Gasteiger partial charge on any atom is -0.309 e. The van der Waals surface area contributed by atoms with Gasteiger partial charge < -0.3 is 5.32 Å². The lowest BCUT2D eigenvalue weighted by Gasteiger charge is -2.29. The van der Waals surface area contributed by atoms with Crippen LogP contribution in [0.1, 0.15) is 22.3 Å². The van der Waals surface area contributed by atoms with E-state index in [9.17, 15) is 17.6 Å². The van der Waals surface area contributed by atoms with Crippen LogP contribution in [0.3, 0.4) is 0 Å². The molecule has 0 aliphatic carbocycles. The summed E-state index contributed by atoms with van der Waals surface area (Å²) in [6, 6.07) is 21.1. The Morgan fingerprint density at radius 1 is 0.607 bits per heavy atom. The fourth-order valence-corrected chi connectivity index (χ4v) is 2.92. The van der Waals surface area contributed by atoms with Crippen molar-refractivity contribution in [2.75, 3.05) is 0 Å². The Bertz CT molecular complexity index is 870. The van der Waals surface area contributed by atoms with Crippen LogP contribution in [0.4, 0.5) is 17.6 Å². The van der Waals surface area contributed by atoms with Crippen molar-refractivity contribution in [3.05, 3.63) is 107 Å². The van der Waals surface area contributed by atoms with E-state index >= 15 is 0 Å². The molecule has 0 aliphatic heterocycles. The summed E-state index contributed by atoms with van der Waals surface area (Å²) in [4.78, 5) is 0. The van der Waals surface area contributed by atoms with E-state index in [1.54, 1.807) is 6.07 Å². The van der Waals surface area contributed by atoms with Crippen LogP contribution in [0.15, 0.2) is 84.9 Å². The van der Waals surface area contributed by atoms with E-state index in [1.807, 2.05) is 30.3 Å². The largest absolute Gasteiger partial charge is 0.340 e. The molecule has 0 unspecified atom stereocenters. The third kappa shape index (κ3) is 4.54. The molecule has 0 heterocycles. The number of nitrogens with one attached hydrogen (secondary N) is 1. The van der Waals surface area contributed by atoms with Gasteiger partial charge in [0.15, 0.2) is 0 Å². The summed E-state index contributed by atoms with van der Waals surface area (Å²) in [5.74, 6) is -8.65. The molecule has 0 saturated heterocycles. The van der Waals surface area contributed by atoms with Crippen LogP contribution in [0.5, 0.6) is 0 Å². The van der Waals surface area contributed by atoms with E-state index in [4.69, 9.17) is 0 Å². The van der Waals surface area contributed by atoms with Crippen LogP contribution in [0.25, 0.3) is 0 Å². The summed E-state index contributed by atoms with van der Waals surface area (Å²) in [5, 5.41) is 3.04. The summed E-state index contributed by atoms with van der Waals surface area (Å²) >= 11 is 0. The normalized spacial score (nSPS) is 11.7. The summed E-state index contributed by atoms with van der Waals surface area (Å²) < 4.78 is 58.9. The lowest BCUT2D eigenvalue weighted by atomic mass is 9.92. The highest BCUT2D eigenvalue weighted by molar-refractivity contribution is 5.85. The van der Waals surface area contributed by atoms with Crippen LogP contribution in [-0.2, 0) is 24.9 Å². The van der Waals surface area contributed by atoms with Gasteiger partial charge in [0.05, 0.1) is 0 Å². The molecular formula is C22H20ClF4N. The SMILES string of the molecule is Cl.FC(F)(c1ccccc1)C(F)(F)c1ccccc1CNCc1ccccc1. The van der Waals surface area contributed by atoms with Crippen molar-refractivity contribution in [2.45, 2.75) is 24.9 Å². The second-order valence-corrected chi connectivity index (χ2v) is 6.26. The molecular weight excluding hydrogens is 390 g/mol. The Morgan fingerprint density at radius 3 is 1.79 bits per heavy atom. The van der Waals surface area contributed by atoms with Crippen molar-refractivity contribution >= 4 is 12.4 Å². The summed E-state index contributed by atoms with van der Waals surface area (Å²) in [5.41, 5.74) is -0.244. The molecule has 3 aromatic carbocycles. The molecule has 0 aliphatic rings. The molecule has 28 heavy (non-hydrogen) atoms. The molecule has 0 aromatic heterocycles. The Labute approximate surface area is 167 Å². The predicted molar refractivity (Wildman–Crippen MR) is 105 cm³/mol. The number of hydrogen-bond donors (Lipinski definition) is 1. The zero-order chi connectivity index (χ0) is 19.3. The third-order valence-electron chi connectivity index (χ3n) is 4.37. The van der Waals surface area contributed by atoms with Crippen molar-refractivity contribution in [1.29, 1.82) is 0 Å². The lowest BCUT2D eigenvalue weighted by Crippen LogP contribution is -2.36. The van der Waals surface area contributed by atoms with Gasteiger partial charge >= 0.3 is 11.8 Å². The first-order valence-electron chi connectivity index (χ1n) is 8.57. The zero-order valence-electron chi connectivity index (χ0n) is 14.9. The standard InChI is InChI=1S/C22H19F4N.ClH/c23-21(24,19-12-5-2-6-13-19)22(25,26)20-14-8-7-11-18(20)16-27-15-17-9-3-1-4-10-17;/h1-14,27H,15-16H2;1H. The maximum atomic E-state index is 14.9. The van der Waals surface area contributed by atoms with Gasteiger partial charge in [-0.15, -0.1) is 12.4 Å². The average molecular weight is 410 g/mol. The van der Waals surface area contributed by atoms with E-state index in [-0.39, 0.29) is 24.5 Å². The Kier molecular flexibility index (Phi) is 7.22. The van der Waals surface area contributed by atoms with Crippen molar-refractivity contribution in [1.82, 2.24) is 5.32 Å². The number of halogens is 5. The van der Waals surface area contributed by atoms with Gasteiger partial charge in [0.2, 0.25) is 0 Å². The zero-order valence-corrected chi connectivity index (χ0v) is 15.7. The van der Waals surface area contributed by atoms with Crippen LogP contribution >= 0.6 is 12.4 Å². The van der Waals surface area contributed by atoms with Crippen LogP contribution in [0.2, 0.25) is 0 Å². The Morgan fingerprint density at radius 2 is 1.14 bits per heavy atom. The highest BCUT2D eigenvalue weighted by atomic mass is 35.5. The predicted octanol–water partition coefficient (Wildman–Crippen LogP) is 6.28. The highest BCUT2D eigenvalue weighted by Crippen LogP contribution is 2.50. The second kappa shape index (κ2) is 9.22. The van der Waals surface area contributed by atoms with Gasteiger partial charge in [-0.3, -0.25) is 0 Å². The number of hydrogen-bond acceptors (Lipinski definition) is 1. The fourth-order valence-electron chi connectivity index (χ4n) is 2.92. The first kappa shape index (κ1) is 21.9. The molecule has 3 rings (SSSR count). The number of benzene rings is 3. The quantitative estimate of drug-likeness (QED) is 0.453. The minimum atomic E-state index is -4.33. The topological polar surface area (TPSA) is 12.0 Å². The van der Waals surface area contributed by atoms with Gasteiger partial charge in [0.25, 0.3) is 0 Å². The molecule has 0 radical (unpaired) electrons. The highest BCUT2D eigenvalue weighted by Gasteiger charge is 2.59. The fraction of sp³-hybridized carbons (Fsp3) is 0.182. The smallest absolute Gasteiger partial charge is 0.309 e.